The second kappa shape index (κ2) is 9.71. The summed E-state index contributed by atoms with van der Waals surface area (Å²) in [6, 6.07) is 14.7. The number of amides is 1. The maximum Gasteiger partial charge on any atom is 0.243 e. The van der Waals surface area contributed by atoms with Crippen molar-refractivity contribution < 1.29 is 17.6 Å². The molecule has 1 amide bonds. The topological polar surface area (TPSA) is 57.7 Å². The van der Waals surface area contributed by atoms with Gasteiger partial charge in [0.05, 0.1) is 10.8 Å². The van der Waals surface area contributed by atoms with Crippen LogP contribution in [0.1, 0.15) is 38.7 Å². The Morgan fingerprint density at radius 2 is 1.83 bits per heavy atom. The lowest BCUT2D eigenvalue weighted by molar-refractivity contribution is -0.139. The molecule has 0 spiro atoms. The van der Waals surface area contributed by atoms with Gasteiger partial charge < -0.3 is 4.90 Å². The molecule has 1 fully saturated rings. The molecule has 2 atom stereocenters. The fourth-order valence-electron chi connectivity index (χ4n) is 3.80. The van der Waals surface area contributed by atoms with Crippen LogP contribution in [0.15, 0.2) is 59.5 Å². The average molecular weight is 433 g/mol. The predicted molar refractivity (Wildman–Crippen MR) is 115 cm³/mol. The van der Waals surface area contributed by atoms with E-state index >= 15 is 0 Å². The summed E-state index contributed by atoms with van der Waals surface area (Å²) < 4.78 is 40.6. The van der Waals surface area contributed by atoms with E-state index < -0.39 is 15.8 Å². The average Bonchev–Trinajstić information content (AvgIpc) is 2.77. The van der Waals surface area contributed by atoms with E-state index in [2.05, 4.69) is 0 Å². The van der Waals surface area contributed by atoms with E-state index in [-0.39, 0.29) is 29.3 Å². The van der Waals surface area contributed by atoms with Gasteiger partial charge >= 0.3 is 0 Å². The molecule has 2 aromatic rings. The molecule has 1 aliphatic heterocycles. The second-order valence-electron chi connectivity index (χ2n) is 7.87. The van der Waals surface area contributed by atoms with Gasteiger partial charge in [0.2, 0.25) is 15.9 Å². The van der Waals surface area contributed by atoms with Crippen molar-refractivity contribution in [3.63, 3.8) is 0 Å². The van der Waals surface area contributed by atoms with Gasteiger partial charge in [0.15, 0.2) is 0 Å². The van der Waals surface area contributed by atoms with Gasteiger partial charge in [0.1, 0.15) is 5.82 Å². The highest BCUT2D eigenvalue weighted by Gasteiger charge is 2.36. The van der Waals surface area contributed by atoms with Crippen molar-refractivity contribution in [3.8, 4) is 0 Å². The van der Waals surface area contributed by atoms with Crippen LogP contribution in [0.5, 0.6) is 0 Å². The minimum Gasteiger partial charge on any atom is -0.335 e. The summed E-state index contributed by atoms with van der Waals surface area (Å²) in [5, 5.41) is 0. The van der Waals surface area contributed by atoms with Gasteiger partial charge in [-0.1, -0.05) is 37.3 Å². The van der Waals surface area contributed by atoms with E-state index in [0.29, 0.717) is 25.9 Å². The molecular formula is C23H29FN2O3S. The number of carbonyl (C=O) groups excluding carboxylic acids is 1. The minimum atomic E-state index is -3.76. The van der Waals surface area contributed by atoms with Gasteiger partial charge in [0.25, 0.3) is 0 Å². The quantitative estimate of drug-likeness (QED) is 0.663. The van der Waals surface area contributed by atoms with Crippen LogP contribution in [0.25, 0.3) is 0 Å². The van der Waals surface area contributed by atoms with Crippen molar-refractivity contribution in [2.24, 2.45) is 5.92 Å². The number of carbonyl (C=O) groups is 1. The molecule has 0 aliphatic carbocycles. The van der Waals surface area contributed by atoms with Crippen LogP contribution >= 0.6 is 0 Å². The maximum atomic E-state index is 13.4. The number of sulfonamides is 1. The first kappa shape index (κ1) is 22.4. The molecule has 30 heavy (non-hydrogen) atoms. The van der Waals surface area contributed by atoms with Crippen molar-refractivity contribution >= 4 is 15.9 Å². The number of rotatable bonds is 7. The zero-order valence-corrected chi connectivity index (χ0v) is 18.3. The van der Waals surface area contributed by atoms with Crippen molar-refractivity contribution in [1.82, 2.24) is 9.21 Å². The summed E-state index contributed by atoms with van der Waals surface area (Å²) in [5.74, 6) is -0.871. The third-order valence-corrected chi connectivity index (χ3v) is 7.67. The Hall–Kier alpha value is -2.25. The lowest BCUT2D eigenvalue weighted by Gasteiger charge is -2.36. The standard InChI is InChI=1S/C23H29FN2O3S/c1-3-18(2)26(16-19-8-5-4-6-9-19)23(27)20-10-7-15-25(17-20)30(28,29)22-13-11-21(24)12-14-22/h4-6,8-9,11-14,18,20H,3,7,10,15-17H2,1-2H3. The van der Waals surface area contributed by atoms with Crippen molar-refractivity contribution in [2.45, 2.75) is 50.6 Å². The summed E-state index contributed by atoms with van der Waals surface area (Å²) >= 11 is 0. The number of halogens is 1. The van der Waals surface area contributed by atoms with Crippen molar-refractivity contribution in [2.75, 3.05) is 13.1 Å². The molecule has 0 saturated carbocycles. The zero-order valence-electron chi connectivity index (χ0n) is 17.5. The summed E-state index contributed by atoms with van der Waals surface area (Å²) in [6.07, 6.45) is 2.11. The normalized spacial score (nSPS) is 18.7. The van der Waals surface area contributed by atoms with Gasteiger partial charge in [-0.2, -0.15) is 4.31 Å². The summed E-state index contributed by atoms with van der Waals surface area (Å²) in [5.41, 5.74) is 1.05. The third kappa shape index (κ3) is 5.08. The van der Waals surface area contributed by atoms with Crippen LogP contribution in [0, 0.1) is 11.7 Å². The largest absolute Gasteiger partial charge is 0.335 e. The molecule has 0 radical (unpaired) electrons. The van der Waals surface area contributed by atoms with Crippen LogP contribution in [0.3, 0.4) is 0 Å². The number of piperidine rings is 1. The van der Waals surface area contributed by atoms with E-state index in [1.165, 1.54) is 16.4 Å². The maximum absolute atomic E-state index is 13.4. The van der Waals surface area contributed by atoms with Crippen molar-refractivity contribution in [3.05, 3.63) is 66.0 Å². The van der Waals surface area contributed by atoms with Crippen LogP contribution < -0.4 is 0 Å². The number of nitrogens with zero attached hydrogens (tertiary/aromatic N) is 2. The number of hydrogen-bond acceptors (Lipinski definition) is 3. The molecule has 3 rings (SSSR count). The van der Waals surface area contributed by atoms with E-state index in [9.17, 15) is 17.6 Å². The Morgan fingerprint density at radius 3 is 2.47 bits per heavy atom. The van der Waals surface area contributed by atoms with Gasteiger partial charge in [0, 0.05) is 25.7 Å². The smallest absolute Gasteiger partial charge is 0.243 e. The van der Waals surface area contributed by atoms with Crippen molar-refractivity contribution in [1.29, 1.82) is 0 Å². The Labute approximate surface area is 178 Å². The molecule has 2 aromatic carbocycles. The first-order chi connectivity index (χ1) is 14.3. The van der Waals surface area contributed by atoms with E-state index in [1.807, 2.05) is 49.1 Å². The minimum absolute atomic E-state index is 0.00721. The molecule has 1 saturated heterocycles. The van der Waals surface area contributed by atoms with E-state index in [0.717, 1.165) is 24.1 Å². The first-order valence-electron chi connectivity index (χ1n) is 10.4. The molecule has 0 aromatic heterocycles. The molecule has 7 heteroatoms. The van der Waals surface area contributed by atoms with Crippen LogP contribution in [-0.2, 0) is 21.4 Å². The Balaban J connectivity index is 1.78. The fourth-order valence-corrected chi connectivity index (χ4v) is 5.33. The van der Waals surface area contributed by atoms with Gasteiger partial charge in [-0.3, -0.25) is 4.79 Å². The van der Waals surface area contributed by atoms with Gasteiger partial charge in [-0.05, 0) is 56.0 Å². The summed E-state index contributed by atoms with van der Waals surface area (Å²) in [7, 11) is -3.76. The lowest BCUT2D eigenvalue weighted by Crippen LogP contribution is -2.48. The van der Waals surface area contributed by atoms with Crippen LogP contribution in [-0.4, -0.2) is 42.7 Å². The molecule has 2 unspecified atom stereocenters. The first-order valence-corrected chi connectivity index (χ1v) is 11.9. The third-order valence-electron chi connectivity index (χ3n) is 5.79. The Morgan fingerprint density at radius 1 is 1.17 bits per heavy atom. The summed E-state index contributed by atoms with van der Waals surface area (Å²) in [6.45, 7) is 5.10. The summed E-state index contributed by atoms with van der Waals surface area (Å²) in [4.78, 5) is 15.3. The van der Waals surface area contributed by atoms with Crippen LogP contribution in [0.2, 0.25) is 0 Å². The molecule has 5 nitrogen and oxygen atoms in total. The molecule has 162 valence electrons. The van der Waals surface area contributed by atoms with Crippen LogP contribution in [0.4, 0.5) is 4.39 Å². The molecule has 1 heterocycles. The van der Waals surface area contributed by atoms with Gasteiger partial charge in [-0.25, -0.2) is 12.8 Å². The molecular weight excluding hydrogens is 403 g/mol. The fraction of sp³-hybridized carbons (Fsp3) is 0.435. The number of benzene rings is 2. The monoisotopic (exact) mass is 432 g/mol. The van der Waals surface area contributed by atoms with E-state index in [4.69, 9.17) is 0 Å². The predicted octanol–water partition coefficient (Wildman–Crippen LogP) is 4.05. The Kier molecular flexibility index (Phi) is 7.26. The molecule has 0 N–H and O–H groups in total. The van der Waals surface area contributed by atoms with Gasteiger partial charge in [-0.15, -0.1) is 0 Å². The zero-order chi connectivity index (χ0) is 21.7. The highest BCUT2D eigenvalue weighted by Crippen LogP contribution is 2.26. The SMILES string of the molecule is CCC(C)N(Cc1ccccc1)C(=O)C1CCCN(S(=O)(=O)c2ccc(F)cc2)C1. The highest BCUT2D eigenvalue weighted by molar-refractivity contribution is 7.89. The molecule has 0 bridgehead atoms. The van der Waals surface area contributed by atoms with E-state index in [1.54, 1.807) is 0 Å². The second-order valence-corrected chi connectivity index (χ2v) is 9.80. The Bertz CT molecular complexity index is 948. The lowest BCUT2D eigenvalue weighted by atomic mass is 9.96. The highest BCUT2D eigenvalue weighted by atomic mass is 32.2. The number of hydrogen-bond donors (Lipinski definition) is 0. The molecule has 1 aliphatic rings.